The standard InChI is InChI=1S/C26H38O/c1-25-16-7-6-10-20(25)11-12-21-22-13-14-24(26(22,2)17-15-23(21)25)27-18-19-8-4-3-5-9-19/h3-5,8-9,20-24H,6-7,10-18H2,1-2H3/t20-,21+,22-,23+,24+,25+,26-/m1/s1. The van der Waals surface area contributed by atoms with E-state index in [9.17, 15) is 0 Å². The summed E-state index contributed by atoms with van der Waals surface area (Å²) < 4.78 is 6.57. The molecule has 0 heterocycles. The Kier molecular flexibility index (Phi) is 4.66. The topological polar surface area (TPSA) is 9.23 Å². The molecule has 0 spiro atoms. The summed E-state index contributed by atoms with van der Waals surface area (Å²) in [5.74, 6) is 3.93. The van der Waals surface area contributed by atoms with Gasteiger partial charge in [-0.15, -0.1) is 0 Å². The molecule has 27 heavy (non-hydrogen) atoms. The van der Waals surface area contributed by atoms with Crippen LogP contribution in [0.3, 0.4) is 0 Å². The molecule has 1 aromatic carbocycles. The van der Waals surface area contributed by atoms with Crippen molar-refractivity contribution in [3.05, 3.63) is 35.9 Å². The molecule has 1 aromatic rings. The minimum Gasteiger partial charge on any atom is -0.373 e. The molecule has 4 fully saturated rings. The highest BCUT2D eigenvalue weighted by Gasteiger charge is 2.59. The molecule has 0 unspecified atom stereocenters. The first-order chi connectivity index (χ1) is 13.1. The summed E-state index contributed by atoms with van der Waals surface area (Å²) >= 11 is 0. The smallest absolute Gasteiger partial charge is 0.0720 e. The first kappa shape index (κ1) is 18.2. The quantitative estimate of drug-likeness (QED) is 0.559. The fraction of sp³-hybridized carbons (Fsp3) is 0.769. The molecule has 0 aromatic heterocycles. The van der Waals surface area contributed by atoms with Crippen LogP contribution in [0.25, 0.3) is 0 Å². The van der Waals surface area contributed by atoms with Gasteiger partial charge in [-0.2, -0.15) is 0 Å². The van der Waals surface area contributed by atoms with Gasteiger partial charge in [-0.05, 0) is 91.4 Å². The molecular formula is C26H38O. The molecule has 0 amide bonds. The number of hydrogen-bond acceptors (Lipinski definition) is 1. The van der Waals surface area contributed by atoms with Crippen LogP contribution in [0.4, 0.5) is 0 Å². The molecule has 7 atom stereocenters. The minimum absolute atomic E-state index is 0.424. The monoisotopic (exact) mass is 366 g/mol. The van der Waals surface area contributed by atoms with Crippen LogP contribution in [0.2, 0.25) is 0 Å². The number of hydrogen-bond donors (Lipinski definition) is 0. The van der Waals surface area contributed by atoms with Gasteiger partial charge >= 0.3 is 0 Å². The number of benzene rings is 1. The van der Waals surface area contributed by atoms with E-state index in [1.165, 1.54) is 69.8 Å². The van der Waals surface area contributed by atoms with Gasteiger partial charge in [0.25, 0.3) is 0 Å². The Morgan fingerprint density at radius 1 is 0.815 bits per heavy atom. The molecule has 148 valence electrons. The second-order valence-electron chi connectivity index (χ2n) is 10.8. The molecule has 0 saturated heterocycles. The first-order valence-electron chi connectivity index (χ1n) is 11.8. The van der Waals surface area contributed by atoms with Gasteiger partial charge in [0, 0.05) is 0 Å². The lowest BCUT2D eigenvalue weighted by Crippen LogP contribution is -2.53. The molecule has 0 radical (unpaired) electrons. The van der Waals surface area contributed by atoms with Crippen molar-refractivity contribution in [1.82, 2.24) is 0 Å². The van der Waals surface area contributed by atoms with E-state index in [-0.39, 0.29) is 0 Å². The molecule has 4 aliphatic rings. The van der Waals surface area contributed by atoms with Crippen molar-refractivity contribution in [2.24, 2.45) is 34.5 Å². The Bertz CT molecular complexity index is 653. The van der Waals surface area contributed by atoms with Gasteiger partial charge in [-0.3, -0.25) is 0 Å². The highest BCUT2D eigenvalue weighted by atomic mass is 16.5. The number of ether oxygens (including phenoxy) is 1. The summed E-state index contributed by atoms with van der Waals surface area (Å²) in [4.78, 5) is 0. The van der Waals surface area contributed by atoms with Crippen molar-refractivity contribution < 1.29 is 4.74 Å². The summed E-state index contributed by atoms with van der Waals surface area (Å²) in [5.41, 5.74) is 2.41. The van der Waals surface area contributed by atoms with E-state index in [4.69, 9.17) is 4.74 Å². The van der Waals surface area contributed by atoms with Crippen LogP contribution in [0, 0.1) is 34.5 Å². The van der Waals surface area contributed by atoms with Crippen LogP contribution in [-0.2, 0) is 11.3 Å². The minimum atomic E-state index is 0.424. The van der Waals surface area contributed by atoms with Crippen LogP contribution in [-0.4, -0.2) is 6.10 Å². The Hall–Kier alpha value is -0.820. The maximum absolute atomic E-state index is 6.57. The molecule has 5 rings (SSSR count). The maximum Gasteiger partial charge on any atom is 0.0720 e. The maximum atomic E-state index is 6.57. The zero-order valence-electron chi connectivity index (χ0n) is 17.5. The fourth-order valence-corrected chi connectivity index (χ4v) is 8.29. The Morgan fingerprint density at radius 2 is 1.63 bits per heavy atom. The van der Waals surface area contributed by atoms with Crippen LogP contribution < -0.4 is 0 Å². The lowest BCUT2D eigenvalue weighted by atomic mass is 9.45. The van der Waals surface area contributed by atoms with Gasteiger partial charge in [-0.1, -0.05) is 57.0 Å². The lowest BCUT2D eigenvalue weighted by Gasteiger charge is -2.60. The zero-order valence-corrected chi connectivity index (χ0v) is 17.5. The third-order valence-electron chi connectivity index (χ3n) is 9.79. The first-order valence-corrected chi connectivity index (χ1v) is 11.8. The molecule has 0 aliphatic heterocycles. The van der Waals surface area contributed by atoms with E-state index in [2.05, 4.69) is 44.2 Å². The largest absolute Gasteiger partial charge is 0.373 e. The molecule has 1 nitrogen and oxygen atoms in total. The average Bonchev–Trinajstić information content (AvgIpc) is 3.03. The Morgan fingerprint density at radius 3 is 2.48 bits per heavy atom. The van der Waals surface area contributed by atoms with E-state index in [1.807, 2.05) is 0 Å². The van der Waals surface area contributed by atoms with Crippen LogP contribution >= 0.6 is 0 Å². The summed E-state index contributed by atoms with van der Waals surface area (Å²) in [6.45, 7) is 6.07. The fourth-order valence-electron chi connectivity index (χ4n) is 8.29. The molecule has 0 bridgehead atoms. The van der Waals surface area contributed by atoms with Crippen molar-refractivity contribution in [3.8, 4) is 0 Å². The summed E-state index contributed by atoms with van der Waals surface area (Å²) in [6.07, 6.45) is 15.1. The van der Waals surface area contributed by atoms with Gasteiger partial charge in [0.05, 0.1) is 12.7 Å². The second kappa shape index (κ2) is 6.90. The van der Waals surface area contributed by atoms with E-state index in [0.717, 1.165) is 30.3 Å². The van der Waals surface area contributed by atoms with Gasteiger partial charge in [-0.25, -0.2) is 0 Å². The van der Waals surface area contributed by atoms with E-state index in [1.54, 1.807) is 0 Å². The number of fused-ring (bicyclic) bond motifs is 5. The molecule has 4 saturated carbocycles. The lowest BCUT2D eigenvalue weighted by molar-refractivity contribution is -0.132. The van der Waals surface area contributed by atoms with E-state index < -0.39 is 0 Å². The van der Waals surface area contributed by atoms with Crippen LogP contribution in [0.5, 0.6) is 0 Å². The van der Waals surface area contributed by atoms with Gasteiger partial charge in [0.15, 0.2) is 0 Å². The predicted octanol–water partition coefficient (Wildman–Crippen LogP) is 7.00. The summed E-state index contributed by atoms with van der Waals surface area (Å²) in [6, 6.07) is 10.8. The van der Waals surface area contributed by atoms with Gasteiger partial charge in [0.2, 0.25) is 0 Å². The van der Waals surface area contributed by atoms with E-state index in [0.29, 0.717) is 16.9 Å². The highest BCUT2D eigenvalue weighted by molar-refractivity contribution is 5.14. The van der Waals surface area contributed by atoms with Gasteiger partial charge in [0.1, 0.15) is 0 Å². The van der Waals surface area contributed by atoms with Crippen LogP contribution in [0.15, 0.2) is 30.3 Å². The third-order valence-corrected chi connectivity index (χ3v) is 9.79. The zero-order chi connectivity index (χ0) is 18.5. The predicted molar refractivity (Wildman–Crippen MR) is 111 cm³/mol. The molecule has 4 aliphatic carbocycles. The molecule has 0 N–H and O–H groups in total. The Labute approximate surface area is 166 Å². The summed E-state index contributed by atoms with van der Waals surface area (Å²) in [5, 5.41) is 0. The average molecular weight is 367 g/mol. The third kappa shape index (κ3) is 2.91. The highest BCUT2D eigenvalue weighted by Crippen LogP contribution is 2.66. The van der Waals surface area contributed by atoms with Gasteiger partial charge < -0.3 is 4.74 Å². The molecular weight excluding hydrogens is 328 g/mol. The van der Waals surface area contributed by atoms with Crippen molar-refractivity contribution in [2.45, 2.75) is 90.8 Å². The normalized spacial score (nSPS) is 46.4. The second-order valence-corrected chi connectivity index (χ2v) is 10.8. The summed E-state index contributed by atoms with van der Waals surface area (Å²) in [7, 11) is 0. The Balaban J connectivity index is 1.32. The van der Waals surface area contributed by atoms with Crippen molar-refractivity contribution in [1.29, 1.82) is 0 Å². The van der Waals surface area contributed by atoms with Crippen LogP contribution in [0.1, 0.15) is 83.6 Å². The van der Waals surface area contributed by atoms with Crippen molar-refractivity contribution >= 4 is 0 Å². The van der Waals surface area contributed by atoms with Crippen molar-refractivity contribution in [2.75, 3.05) is 0 Å². The van der Waals surface area contributed by atoms with E-state index >= 15 is 0 Å². The SMILES string of the molecule is C[C@@]12CC[C@H]3[C@@H](CC[C@H]4CCCC[C@@]43C)[C@H]1CC[C@@H]2OCc1ccccc1. The van der Waals surface area contributed by atoms with Crippen molar-refractivity contribution in [3.63, 3.8) is 0 Å². The molecule has 1 heteroatoms. The number of rotatable bonds is 3.